The Hall–Kier alpha value is -0.260. The van der Waals surface area contributed by atoms with Gasteiger partial charge in [0.05, 0.1) is 0 Å². The van der Waals surface area contributed by atoms with Gasteiger partial charge in [-0.25, -0.2) is 0 Å². The van der Waals surface area contributed by atoms with E-state index in [0.717, 1.165) is 0 Å². The summed E-state index contributed by atoms with van der Waals surface area (Å²) in [6.07, 6.45) is 12.8. The Morgan fingerprint density at radius 3 is 2.60 bits per heavy atom. The van der Waals surface area contributed by atoms with Gasteiger partial charge in [-0.15, -0.1) is 0 Å². The van der Waals surface area contributed by atoms with Crippen molar-refractivity contribution >= 4 is 0 Å². The van der Waals surface area contributed by atoms with E-state index < -0.39 is 0 Å². The standard InChI is InChI=1S/C15H24/c1-13(2)9-10-15-7-4-6-14(3,11-15)8-5-12(13)15/h5H,4,6-11H2,1-3H3/t14-,15+/m0/s1. The molecule has 0 heterocycles. The van der Waals surface area contributed by atoms with Crippen LogP contribution in [0.1, 0.15) is 65.7 Å². The van der Waals surface area contributed by atoms with Gasteiger partial charge in [-0.2, -0.15) is 0 Å². The monoisotopic (exact) mass is 204 g/mol. The molecule has 3 rings (SSSR count). The minimum Gasteiger partial charge on any atom is -0.0837 e. The molecule has 0 aliphatic heterocycles. The fourth-order valence-electron chi connectivity index (χ4n) is 4.84. The SMILES string of the molecule is CC1(C)CC[C@@]23CCC[C@@](C)(CC=C12)C3. The minimum absolute atomic E-state index is 0.513. The van der Waals surface area contributed by atoms with Crippen molar-refractivity contribution in [3.63, 3.8) is 0 Å². The fourth-order valence-corrected chi connectivity index (χ4v) is 4.84. The summed E-state index contributed by atoms with van der Waals surface area (Å²) in [6, 6.07) is 0. The predicted molar refractivity (Wildman–Crippen MR) is 64.7 cm³/mol. The smallest absolute Gasteiger partial charge is 0.00771 e. The van der Waals surface area contributed by atoms with Crippen LogP contribution in [0.4, 0.5) is 0 Å². The Kier molecular flexibility index (Phi) is 1.79. The van der Waals surface area contributed by atoms with Crippen LogP contribution in [0.25, 0.3) is 0 Å². The Balaban J connectivity index is 2.06. The molecule has 0 unspecified atom stereocenters. The first-order chi connectivity index (χ1) is 6.96. The summed E-state index contributed by atoms with van der Waals surface area (Å²) in [7, 11) is 0. The summed E-state index contributed by atoms with van der Waals surface area (Å²) >= 11 is 0. The van der Waals surface area contributed by atoms with E-state index >= 15 is 0 Å². The zero-order valence-electron chi connectivity index (χ0n) is 10.5. The van der Waals surface area contributed by atoms with Crippen LogP contribution in [-0.2, 0) is 0 Å². The Labute approximate surface area is 94.1 Å². The van der Waals surface area contributed by atoms with Crippen molar-refractivity contribution in [1.82, 2.24) is 0 Å². The molecule has 0 amide bonds. The molecule has 15 heavy (non-hydrogen) atoms. The highest BCUT2D eigenvalue weighted by Gasteiger charge is 2.54. The van der Waals surface area contributed by atoms with Gasteiger partial charge in [-0.1, -0.05) is 38.8 Å². The third-order valence-electron chi connectivity index (χ3n) is 5.53. The molecule has 0 aromatic carbocycles. The van der Waals surface area contributed by atoms with Crippen molar-refractivity contribution < 1.29 is 0 Å². The second kappa shape index (κ2) is 2.70. The molecule has 0 nitrogen and oxygen atoms in total. The van der Waals surface area contributed by atoms with Crippen LogP contribution in [0.2, 0.25) is 0 Å². The maximum absolute atomic E-state index is 2.63. The molecular weight excluding hydrogens is 180 g/mol. The third-order valence-corrected chi connectivity index (χ3v) is 5.53. The van der Waals surface area contributed by atoms with Crippen molar-refractivity contribution in [2.75, 3.05) is 0 Å². The zero-order valence-corrected chi connectivity index (χ0v) is 10.5. The average molecular weight is 204 g/mol. The van der Waals surface area contributed by atoms with E-state index in [-0.39, 0.29) is 0 Å². The van der Waals surface area contributed by atoms with E-state index in [4.69, 9.17) is 0 Å². The molecule has 0 aromatic rings. The lowest BCUT2D eigenvalue weighted by Crippen LogP contribution is -2.38. The van der Waals surface area contributed by atoms with Gasteiger partial charge >= 0.3 is 0 Å². The van der Waals surface area contributed by atoms with Crippen molar-refractivity contribution in [2.45, 2.75) is 65.7 Å². The topological polar surface area (TPSA) is 0 Å². The number of fused-ring (bicyclic) bond motifs is 1. The number of hydrogen-bond acceptors (Lipinski definition) is 0. The van der Waals surface area contributed by atoms with Crippen LogP contribution in [0.3, 0.4) is 0 Å². The number of hydrogen-bond donors (Lipinski definition) is 0. The second-order valence-electron chi connectivity index (χ2n) is 7.33. The minimum atomic E-state index is 0.513. The van der Waals surface area contributed by atoms with Gasteiger partial charge in [-0.05, 0) is 54.8 Å². The van der Waals surface area contributed by atoms with Crippen LogP contribution in [0.15, 0.2) is 11.6 Å². The summed E-state index contributed by atoms with van der Waals surface area (Å²) in [6.45, 7) is 7.45. The molecule has 1 spiro atoms. The molecule has 0 heteroatoms. The molecule has 2 saturated carbocycles. The van der Waals surface area contributed by atoms with Gasteiger partial charge in [0.25, 0.3) is 0 Å². The van der Waals surface area contributed by atoms with Crippen molar-refractivity contribution in [3.05, 3.63) is 11.6 Å². The van der Waals surface area contributed by atoms with E-state index in [1.54, 1.807) is 0 Å². The van der Waals surface area contributed by atoms with Gasteiger partial charge in [0.2, 0.25) is 0 Å². The van der Waals surface area contributed by atoms with Gasteiger partial charge in [0.15, 0.2) is 0 Å². The summed E-state index contributed by atoms with van der Waals surface area (Å²) in [5, 5.41) is 0. The summed E-state index contributed by atoms with van der Waals surface area (Å²) < 4.78 is 0. The Bertz CT molecular complexity index is 323. The zero-order chi connectivity index (χ0) is 10.7. The molecule has 2 atom stereocenters. The molecule has 0 N–H and O–H groups in total. The highest BCUT2D eigenvalue weighted by Crippen LogP contribution is 2.66. The molecular formula is C15H24. The Morgan fingerprint density at radius 2 is 1.80 bits per heavy atom. The van der Waals surface area contributed by atoms with Crippen LogP contribution < -0.4 is 0 Å². The summed E-state index contributed by atoms with van der Waals surface area (Å²) in [4.78, 5) is 0. The van der Waals surface area contributed by atoms with Crippen LogP contribution in [0.5, 0.6) is 0 Å². The first kappa shape index (κ1) is 9.93. The first-order valence-corrected chi connectivity index (χ1v) is 6.67. The molecule has 3 aliphatic carbocycles. The van der Waals surface area contributed by atoms with Gasteiger partial charge in [0.1, 0.15) is 0 Å². The number of rotatable bonds is 0. The third kappa shape index (κ3) is 1.26. The van der Waals surface area contributed by atoms with Gasteiger partial charge in [0, 0.05) is 0 Å². The maximum Gasteiger partial charge on any atom is -0.00771 e. The quantitative estimate of drug-likeness (QED) is 0.502. The lowest BCUT2D eigenvalue weighted by molar-refractivity contribution is 0.0882. The van der Waals surface area contributed by atoms with Crippen molar-refractivity contribution in [1.29, 1.82) is 0 Å². The van der Waals surface area contributed by atoms with Crippen LogP contribution >= 0.6 is 0 Å². The second-order valence-corrected chi connectivity index (χ2v) is 7.33. The highest BCUT2D eigenvalue weighted by molar-refractivity contribution is 5.31. The summed E-state index contributed by atoms with van der Waals surface area (Å²) in [5.74, 6) is 0. The lowest BCUT2D eigenvalue weighted by Gasteiger charge is -2.50. The van der Waals surface area contributed by atoms with E-state index in [0.29, 0.717) is 16.2 Å². The molecule has 0 aromatic heterocycles. The van der Waals surface area contributed by atoms with Crippen molar-refractivity contribution in [3.8, 4) is 0 Å². The highest BCUT2D eigenvalue weighted by atomic mass is 14.6. The Morgan fingerprint density at radius 1 is 1.00 bits per heavy atom. The van der Waals surface area contributed by atoms with Crippen LogP contribution in [0, 0.1) is 16.2 Å². The normalized spacial score (nSPS) is 47.3. The van der Waals surface area contributed by atoms with Gasteiger partial charge in [-0.3, -0.25) is 0 Å². The molecule has 2 bridgehead atoms. The van der Waals surface area contributed by atoms with Crippen LogP contribution in [-0.4, -0.2) is 0 Å². The molecule has 3 aliphatic rings. The molecule has 84 valence electrons. The average Bonchev–Trinajstić information content (AvgIpc) is 2.36. The van der Waals surface area contributed by atoms with E-state index in [1.165, 1.54) is 44.9 Å². The number of allylic oxidation sites excluding steroid dienone is 2. The fraction of sp³-hybridized carbons (Fsp3) is 0.867. The lowest BCUT2D eigenvalue weighted by atomic mass is 9.55. The predicted octanol–water partition coefficient (Wildman–Crippen LogP) is 4.70. The summed E-state index contributed by atoms with van der Waals surface area (Å²) in [5.41, 5.74) is 3.66. The van der Waals surface area contributed by atoms with E-state index in [2.05, 4.69) is 26.8 Å². The molecule has 0 radical (unpaired) electrons. The molecule has 0 saturated heterocycles. The first-order valence-electron chi connectivity index (χ1n) is 6.67. The maximum atomic E-state index is 2.63. The van der Waals surface area contributed by atoms with E-state index in [1.807, 2.05) is 5.57 Å². The van der Waals surface area contributed by atoms with E-state index in [9.17, 15) is 0 Å². The van der Waals surface area contributed by atoms with Gasteiger partial charge < -0.3 is 0 Å². The molecule has 2 fully saturated rings. The van der Waals surface area contributed by atoms with Crippen molar-refractivity contribution in [2.24, 2.45) is 16.2 Å². The largest absolute Gasteiger partial charge is 0.0837 e.